The first-order valence-corrected chi connectivity index (χ1v) is 7.78. The predicted molar refractivity (Wildman–Crippen MR) is 79.5 cm³/mol. The first-order chi connectivity index (χ1) is 9.79. The maximum atomic E-state index is 4.19. The SMILES string of the molecule is CCCNCCn1nnnc1SCc1cncc(C)c1. The Labute approximate surface area is 123 Å². The molecular weight excluding hydrogens is 272 g/mol. The minimum atomic E-state index is 0.793. The minimum absolute atomic E-state index is 0.793. The lowest BCUT2D eigenvalue weighted by Gasteiger charge is -2.05. The van der Waals surface area contributed by atoms with Gasteiger partial charge in [-0.1, -0.05) is 24.8 Å². The smallest absolute Gasteiger partial charge is 0.209 e. The van der Waals surface area contributed by atoms with E-state index in [1.807, 2.05) is 24.0 Å². The molecule has 0 bridgehead atoms. The first kappa shape index (κ1) is 14.9. The van der Waals surface area contributed by atoms with Crippen molar-refractivity contribution in [2.75, 3.05) is 13.1 Å². The van der Waals surface area contributed by atoms with E-state index >= 15 is 0 Å². The molecule has 0 spiro atoms. The van der Waals surface area contributed by atoms with E-state index in [2.05, 4.69) is 38.8 Å². The lowest BCUT2D eigenvalue weighted by atomic mass is 10.2. The second-order valence-corrected chi connectivity index (χ2v) is 5.54. The third-order valence-electron chi connectivity index (χ3n) is 2.73. The molecule has 6 nitrogen and oxygen atoms in total. The molecule has 7 heteroatoms. The first-order valence-electron chi connectivity index (χ1n) is 6.80. The second-order valence-electron chi connectivity index (χ2n) is 4.59. The maximum absolute atomic E-state index is 4.19. The number of nitrogens with zero attached hydrogens (tertiary/aromatic N) is 5. The lowest BCUT2D eigenvalue weighted by Crippen LogP contribution is -2.21. The summed E-state index contributed by atoms with van der Waals surface area (Å²) >= 11 is 1.64. The zero-order valence-corrected chi connectivity index (χ0v) is 12.7. The molecule has 2 heterocycles. The molecule has 0 aliphatic heterocycles. The summed E-state index contributed by atoms with van der Waals surface area (Å²) in [7, 11) is 0. The summed E-state index contributed by atoms with van der Waals surface area (Å²) in [5, 5.41) is 16.0. The quantitative estimate of drug-likeness (QED) is 0.589. The van der Waals surface area contributed by atoms with Gasteiger partial charge < -0.3 is 5.32 Å². The van der Waals surface area contributed by atoms with E-state index in [1.54, 1.807) is 11.8 Å². The van der Waals surface area contributed by atoms with Crippen LogP contribution in [0, 0.1) is 6.92 Å². The Morgan fingerprint density at radius 2 is 2.20 bits per heavy atom. The van der Waals surface area contributed by atoms with E-state index in [9.17, 15) is 0 Å². The van der Waals surface area contributed by atoms with Crippen LogP contribution in [-0.4, -0.2) is 38.3 Å². The molecule has 1 N–H and O–H groups in total. The number of thioether (sulfide) groups is 1. The fourth-order valence-corrected chi connectivity index (χ4v) is 2.60. The molecule has 0 aliphatic carbocycles. The van der Waals surface area contributed by atoms with E-state index < -0.39 is 0 Å². The predicted octanol–water partition coefficient (Wildman–Crippen LogP) is 1.67. The van der Waals surface area contributed by atoms with Gasteiger partial charge in [0.2, 0.25) is 5.16 Å². The van der Waals surface area contributed by atoms with Crippen LogP contribution in [0.1, 0.15) is 24.5 Å². The summed E-state index contributed by atoms with van der Waals surface area (Å²) in [6, 6.07) is 2.14. The summed E-state index contributed by atoms with van der Waals surface area (Å²) in [5.74, 6) is 0.831. The van der Waals surface area contributed by atoms with Crippen LogP contribution in [0.3, 0.4) is 0 Å². The monoisotopic (exact) mass is 292 g/mol. The summed E-state index contributed by atoms with van der Waals surface area (Å²) in [4.78, 5) is 4.19. The van der Waals surface area contributed by atoms with Crippen molar-refractivity contribution < 1.29 is 0 Å². The Morgan fingerprint density at radius 1 is 1.30 bits per heavy atom. The fourth-order valence-electron chi connectivity index (χ4n) is 1.77. The number of nitrogens with one attached hydrogen (secondary N) is 1. The van der Waals surface area contributed by atoms with Gasteiger partial charge in [0.15, 0.2) is 0 Å². The van der Waals surface area contributed by atoms with E-state index in [4.69, 9.17) is 0 Å². The molecule has 2 aromatic rings. The third-order valence-corrected chi connectivity index (χ3v) is 3.75. The van der Waals surface area contributed by atoms with Crippen LogP contribution in [0.2, 0.25) is 0 Å². The lowest BCUT2D eigenvalue weighted by molar-refractivity contribution is 0.510. The van der Waals surface area contributed by atoms with Gasteiger partial charge >= 0.3 is 0 Å². The van der Waals surface area contributed by atoms with Gasteiger partial charge in [-0.15, -0.1) is 5.10 Å². The van der Waals surface area contributed by atoms with Gasteiger partial charge in [-0.3, -0.25) is 4.98 Å². The fraction of sp³-hybridized carbons (Fsp3) is 0.538. The summed E-state index contributed by atoms with van der Waals surface area (Å²) in [6.45, 7) is 6.91. The number of tetrazole rings is 1. The Hall–Kier alpha value is -1.47. The van der Waals surface area contributed by atoms with E-state index in [1.165, 1.54) is 11.1 Å². The summed E-state index contributed by atoms with van der Waals surface area (Å²) in [6.07, 6.45) is 4.88. The van der Waals surface area contributed by atoms with Crippen molar-refractivity contribution in [3.05, 3.63) is 29.6 Å². The van der Waals surface area contributed by atoms with Crippen molar-refractivity contribution in [2.45, 2.75) is 37.7 Å². The molecule has 2 aromatic heterocycles. The minimum Gasteiger partial charge on any atom is -0.315 e. The summed E-state index contributed by atoms with van der Waals surface area (Å²) < 4.78 is 1.84. The van der Waals surface area contributed by atoms with Crippen LogP contribution in [0.4, 0.5) is 0 Å². The average molecular weight is 292 g/mol. The number of aryl methyl sites for hydroxylation is 1. The standard InChI is InChI=1S/C13H20N6S/c1-3-4-14-5-6-19-13(16-17-18-19)20-10-12-7-11(2)8-15-9-12/h7-9,14H,3-6,10H2,1-2H3. The van der Waals surface area contributed by atoms with E-state index in [0.29, 0.717) is 0 Å². The maximum Gasteiger partial charge on any atom is 0.209 e. The number of hydrogen-bond acceptors (Lipinski definition) is 6. The molecule has 0 saturated carbocycles. The highest BCUT2D eigenvalue weighted by atomic mass is 32.2. The molecular formula is C13H20N6S. The van der Waals surface area contributed by atoms with Gasteiger partial charge in [-0.05, 0) is 41.4 Å². The van der Waals surface area contributed by atoms with Gasteiger partial charge in [0.05, 0.1) is 6.54 Å². The molecule has 0 aliphatic rings. The normalized spacial score (nSPS) is 10.9. The largest absolute Gasteiger partial charge is 0.315 e. The molecule has 2 rings (SSSR count). The topological polar surface area (TPSA) is 68.5 Å². The Bertz CT molecular complexity index is 527. The van der Waals surface area contributed by atoms with Gasteiger partial charge in [-0.25, -0.2) is 4.68 Å². The summed E-state index contributed by atoms with van der Waals surface area (Å²) in [5.41, 5.74) is 2.36. The van der Waals surface area contributed by atoms with Crippen LogP contribution >= 0.6 is 11.8 Å². The van der Waals surface area contributed by atoms with Crippen LogP contribution in [-0.2, 0) is 12.3 Å². The molecule has 0 amide bonds. The molecule has 0 saturated heterocycles. The van der Waals surface area contributed by atoms with Gasteiger partial charge in [0.1, 0.15) is 0 Å². The molecule has 0 atom stereocenters. The van der Waals surface area contributed by atoms with Crippen LogP contribution in [0.5, 0.6) is 0 Å². The Balaban J connectivity index is 1.85. The highest BCUT2D eigenvalue weighted by Crippen LogP contribution is 2.19. The number of hydrogen-bond donors (Lipinski definition) is 1. The molecule has 0 radical (unpaired) electrons. The van der Waals surface area contributed by atoms with Gasteiger partial charge in [0.25, 0.3) is 0 Å². The zero-order valence-electron chi connectivity index (χ0n) is 11.9. The number of pyridine rings is 1. The van der Waals surface area contributed by atoms with Gasteiger partial charge in [-0.2, -0.15) is 0 Å². The Morgan fingerprint density at radius 3 is 3.00 bits per heavy atom. The molecule has 20 heavy (non-hydrogen) atoms. The van der Waals surface area contributed by atoms with Crippen molar-refractivity contribution in [3.63, 3.8) is 0 Å². The zero-order chi connectivity index (χ0) is 14.2. The molecule has 0 unspecified atom stereocenters. The second kappa shape index (κ2) is 7.96. The van der Waals surface area contributed by atoms with Crippen LogP contribution in [0.15, 0.2) is 23.6 Å². The van der Waals surface area contributed by atoms with E-state index in [-0.39, 0.29) is 0 Å². The van der Waals surface area contributed by atoms with Crippen LogP contribution in [0.25, 0.3) is 0 Å². The van der Waals surface area contributed by atoms with E-state index in [0.717, 1.165) is 37.0 Å². The van der Waals surface area contributed by atoms with Gasteiger partial charge in [0, 0.05) is 24.7 Å². The number of rotatable bonds is 8. The molecule has 0 fully saturated rings. The molecule has 108 valence electrons. The van der Waals surface area contributed by atoms with Crippen molar-refractivity contribution >= 4 is 11.8 Å². The average Bonchev–Trinajstić information content (AvgIpc) is 2.89. The van der Waals surface area contributed by atoms with Crippen molar-refractivity contribution in [3.8, 4) is 0 Å². The van der Waals surface area contributed by atoms with Crippen LogP contribution < -0.4 is 5.32 Å². The molecule has 0 aromatic carbocycles. The van der Waals surface area contributed by atoms with Crippen molar-refractivity contribution in [1.82, 2.24) is 30.5 Å². The highest BCUT2D eigenvalue weighted by Gasteiger charge is 2.07. The third kappa shape index (κ3) is 4.57. The highest BCUT2D eigenvalue weighted by molar-refractivity contribution is 7.98. The van der Waals surface area contributed by atoms with Crippen molar-refractivity contribution in [1.29, 1.82) is 0 Å². The van der Waals surface area contributed by atoms with Crippen molar-refractivity contribution in [2.24, 2.45) is 0 Å². The Kier molecular flexibility index (Phi) is 5.94. The number of aromatic nitrogens is 5.